The van der Waals surface area contributed by atoms with Crippen molar-refractivity contribution in [3.8, 4) is 0 Å². The van der Waals surface area contributed by atoms with Gasteiger partial charge in [0.15, 0.2) is 0 Å². The molecule has 1 N–H and O–H groups in total. The molecule has 5 atom stereocenters. The van der Waals surface area contributed by atoms with Crippen LogP contribution in [0.3, 0.4) is 0 Å². The smallest absolute Gasteiger partial charge is 0.251 e. The van der Waals surface area contributed by atoms with E-state index in [1.165, 1.54) is 32.1 Å². The molecule has 1 aromatic carbocycles. The van der Waals surface area contributed by atoms with Crippen LogP contribution in [0.2, 0.25) is 0 Å². The zero-order valence-electron chi connectivity index (χ0n) is 12.4. The van der Waals surface area contributed by atoms with Crippen LogP contribution in [0.15, 0.2) is 22.7 Å². The summed E-state index contributed by atoms with van der Waals surface area (Å²) < 4.78 is 1.06. The molecule has 2 bridgehead atoms. The van der Waals surface area contributed by atoms with Crippen molar-refractivity contribution in [3.05, 3.63) is 33.8 Å². The number of carbonyl (C=O) groups excluding carboxylic acids is 1. The van der Waals surface area contributed by atoms with Gasteiger partial charge in [-0.2, -0.15) is 0 Å². The lowest BCUT2D eigenvalue weighted by molar-refractivity contribution is 0.0901. The highest BCUT2D eigenvalue weighted by molar-refractivity contribution is 9.10. The van der Waals surface area contributed by atoms with E-state index in [1.807, 2.05) is 25.1 Å². The van der Waals surface area contributed by atoms with Gasteiger partial charge in [-0.1, -0.05) is 22.4 Å². The third kappa shape index (κ3) is 2.25. The van der Waals surface area contributed by atoms with E-state index in [4.69, 9.17) is 0 Å². The molecule has 3 aliphatic carbocycles. The number of benzene rings is 1. The van der Waals surface area contributed by atoms with Gasteiger partial charge in [0.05, 0.1) is 0 Å². The Kier molecular flexibility index (Phi) is 3.36. The summed E-state index contributed by atoms with van der Waals surface area (Å²) in [4.78, 5) is 12.5. The third-order valence-electron chi connectivity index (χ3n) is 6.17. The number of carbonyl (C=O) groups is 1. The van der Waals surface area contributed by atoms with Crippen LogP contribution in [0.5, 0.6) is 0 Å². The monoisotopic (exact) mass is 347 g/mol. The Hall–Kier alpha value is -0.830. The van der Waals surface area contributed by atoms with Gasteiger partial charge in [-0.05, 0) is 80.0 Å². The largest absolute Gasteiger partial charge is 0.349 e. The first-order valence-electron chi connectivity index (χ1n) is 8.20. The number of hydrogen-bond acceptors (Lipinski definition) is 1. The lowest BCUT2D eigenvalue weighted by Crippen LogP contribution is -2.42. The molecule has 21 heavy (non-hydrogen) atoms. The fourth-order valence-corrected chi connectivity index (χ4v) is 5.52. The highest BCUT2D eigenvalue weighted by Gasteiger charge is 2.54. The molecule has 0 spiro atoms. The van der Waals surface area contributed by atoms with Crippen LogP contribution < -0.4 is 5.32 Å². The molecule has 3 saturated carbocycles. The number of aryl methyl sites for hydroxylation is 1. The van der Waals surface area contributed by atoms with Crippen molar-refractivity contribution in [2.24, 2.45) is 23.7 Å². The maximum Gasteiger partial charge on any atom is 0.251 e. The van der Waals surface area contributed by atoms with Crippen LogP contribution in [-0.2, 0) is 0 Å². The Morgan fingerprint density at radius 2 is 2.00 bits per heavy atom. The van der Waals surface area contributed by atoms with E-state index in [0.717, 1.165) is 39.3 Å². The molecule has 0 heterocycles. The van der Waals surface area contributed by atoms with E-state index in [1.54, 1.807) is 0 Å². The average molecular weight is 348 g/mol. The van der Waals surface area contributed by atoms with Crippen LogP contribution in [0.4, 0.5) is 0 Å². The molecule has 3 fully saturated rings. The SMILES string of the molecule is Cc1cc(C(=O)NC2CC3CC2C2CCCC32)ccc1Br. The van der Waals surface area contributed by atoms with Gasteiger partial charge in [-0.15, -0.1) is 0 Å². The van der Waals surface area contributed by atoms with Crippen molar-refractivity contribution < 1.29 is 4.79 Å². The first-order valence-corrected chi connectivity index (χ1v) is 9.00. The summed E-state index contributed by atoms with van der Waals surface area (Å²) in [5.74, 6) is 3.64. The summed E-state index contributed by atoms with van der Waals surface area (Å²) in [6, 6.07) is 6.28. The van der Waals surface area contributed by atoms with Gasteiger partial charge in [-0.3, -0.25) is 4.79 Å². The fraction of sp³-hybridized carbons (Fsp3) is 0.611. The zero-order valence-corrected chi connectivity index (χ0v) is 14.0. The predicted molar refractivity (Wildman–Crippen MR) is 87.2 cm³/mol. The third-order valence-corrected chi connectivity index (χ3v) is 7.06. The zero-order chi connectivity index (χ0) is 14.6. The Balaban J connectivity index is 1.47. The van der Waals surface area contributed by atoms with Crippen LogP contribution in [0.25, 0.3) is 0 Å². The molecule has 0 aromatic heterocycles. The van der Waals surface area contributed by atoms with E-state index in [-0.39, 0.29) is 5.91 Å². The summed E-state index contributed by atoms with van der Waals surface area (Å²) in [6.07, 6.45) is 6.83. The second kappa shape index (κ2) is 5.12. The van der Waals surface area contributed by atoms with Gasteiger partial charge in [0.1, 0.15) is 0 Å². The van der Waals surface area contributed by atoms with Gasteiger partial charge in [0.25, 0.3) is 5.91 Å². The Labute approximate surface area is 134 Å². The first kappa shape index (κ1) is 13.8. The lowest BCUT2D eigenvalue weighted by atomic mass is 9.79. The summed E-state index contributed by atoms with van der Waals surface area (Å²) in [5, 5.41) is 3.33. The fourth-order valence-electron chi connectivity index (χ4n) is 5.27. The van der Waals surface area contributed by atoms with Gasteiger partial charge >= 0.3 is 0 Å². The molecule has 1 aromatic rings. The van der Waals surface area contributed by atoms with Crippen molar-refractivity contribution in [2.75, 3.05) is 0 Å². The Morgan fingerprint density at radius 1 is 1.19 bits per heavy atom. The summed E-state index contributed by atoms with van der Waals surface area (Å²) in [6.45, 7) is 2.03. The highest BCUT2D eigenvalue weighted by Crippen LogP contribution is 2.58. The Bertz CT molecular complexity index is 585. The Morgan fingerprint density at radius 3 is 2.81 bits per heavy atom. The number of hydrogen-bond donors (Lipinski definition) is 1. The topological polar surface area (TPSA) is 29.1 Å². The second-order valence-electron chi connectivity index (χ2n) is 7.20. The minimum absolute atomic E-state index is 0.109. The first-order chi connectivity index (χ1) is 10.1. The van der Waals surface area contributed by atoms with Crippen molar-refractivity contribution in [3.63, 3.8) is 0 Å². The normalized spacial score (nSPS) is 36.8. The van der Waals surface area contributed by atoms with Gasteiger partial charge < -0.3 is 5.32 Å². The van der Waals surface area contributed by atoms with E-state index in [9.17, 15) is 4.79 Å². The highest BCUT2D eigenvalue weighted by atomic mass is 79.9. The number of nitrogens with one attached hydrogen (secondary N) is 1. The molecule has 0 radical (unpaired) electrons. The van der Waals surface area contributed by atoms with Crippen molar-refractivity contribution in [2.45, 2.75) is 45.1 Å². The van der Waals surface area contributed by atoms with Crippen LogP contribution >= 0.6 is 15.9 Å². The number of fused-ring (bicyclic) bond motifs is 5. The van der Waals surface area contributed by atoms with E-state index >= 15 is 0 Å². The summed E-state index contributed by atoms with van der Waals surface area (Å²) in [5.41, 5.74) is 1.91. The molecule has 5 unspecified atom stereocenters. The molecule has 0 aliphatic heterocycles. The summed E-state index contributed by atoms with van der Waals surface area (Å²) in [7, 11) is 0. The number of rotatable bonds is 2. The minimum atomic E-state index is 0.109. The number of amides is 1. The van der Waals surface area contributed by atoms with Crippen LogP contribution in [-0.4, -0.2) is 11.9 Å². The van der Waals surface area contributed by atoms with Gasteiger partial charge in [-0.25, -0.2) is 0 Å². The summed E-state index contributed by atoms with van der Waals surface area (Å²) >= 11 is 3.49. The van der Waals surface area contributed by atoms with Crippen molar-refractivity contribution in [1.29, 1.82) is 0 Å². The van der Waals surface area contributed by atoms with Gasteiger partial charge in [0.2, 0.25) is 0 Å². The maximum absolute atomic E-state index is 12.5. The predicted octanol–water partition coefficient (Wildman–Crippen LogP) is 4.31. The molecule has 3 heteroatoms. The van der Waals surface area contributed by atoms with Crippen molar-refractivity contribution >= 4 is 21.8 Å². The van der Waals surface area contributed by atoms with Crippen molar-refractivity contribution in [1.82, 2.24) is 5.32 Å². The molecule has 4 rings (SSSR count). The van der Waals surface area contributed by atoms with E-state index in [0.29, 0.717) is 6.04 Å². The molecule has 1 amide bonds. The average Bonchev–Trinajstić information content (AvgIpc) is 3.13. The minimum Gasteiger partial charge on any atom is -0.349 e. The van der Waals surface area contributed by atoms with Crippen LogP contribution in [0, 0.1) is 30.6 Å². The molecule has 112 valence electrons. The second-order valence-corrected chi connectivity index (χ2v) is 8.05. The van der Waals surface area contributed by atoms with E-state index in [2.05, 4.69) is 21.2 Å². The van der Waals surface area contributed by atoms with Crippen LogP contribution in [0.1, 0.15) is 48.0 Å². The lowest BCUT2D eigenvalue weighted by Gasteiger charge is -2.32. The quantitative estimate of drug-likeness (QED) is 0.848. The number of halogens is 1. The van der Waals surface area contributed by atoms with Gasteiger partial charge in [0, 0.05) is 16.1 Å². The molecular formula is C18H22BrNO. The maximum atomic E-state index is 12.5. The molecular weight excluding hydrogens is 326 g/mol. The molecule has 2 nitrogen and oxygen atoms in total. The molecule has 0 saturated heterocycles. The van der Waals surface area contributed by atoms with E-state index < -0.39 is 0 Å². The molecule has 3 aliphatic rings. The standard InChI is InChI=1S/C18H22BrNO/c1-10-7-11(5-6-16(10)19)18(21)20-17-9-12-8-15(17)14-4-2-3-13(12)14/h5-7,12-15,17H,2-4,8-9H2,1H3,(H,20,21).